The number of esters is 1. The summed E-state index contributed by atoms with van der Waals surface area (Å²) in [5.41, 5.74) is 4.89. The summed E-state index contributed by atoms with van der Waals surface area (Å²) in [4.78, 5) is 36.3. The first-order chi connectivity index (χ1) is 10.1. The molecule has 1 aromatic carbocycles. The van der Waals surface area contributed by atoms with Gasteiger partial charge in [0.05, 0.1) is 17.5 Å². The Labute approximate surface area is 120 Å². The van der Waals surface area contributed by atoms with Crippen molar-refractivity contribution in [2.75, 3.05) is 13.2 Å². The molecule has 0 aliphatic rings. The molecule has 112 valence electrons. The minimum Gasteiger partial charge on any atom is -0.465 e. The second-order valence-corrected chi connectivity index (χ2v) is 4.44. The largest absolute Gasteiger partial charge is 0.465 e. The molecule has 2 N–H and O–H groups in total. The van der Waals surface area contributed by atoms with Gasteiger partial charge in [0.25, 0.3) is 5.56 Å². The van der Waals surface area contributed by atoms with Crippen molar-refractivity contribution in [2.45, 2.75) is 20.0 Å². The van der Waals surface area contributed by atoms with Crippen molar-refractivity contribution in [3.8, 4) is 0 Å². The molecule has 0 atom stereocenters. The molecule has 1 aromatic heterocycles. The Kier molecular flexibility index (Phi) is 4.54. The number of aromatic nitrogens is 2. The number of carbonyl (C=O) groups is 1. The molecule has 1 heterocycles. The van der Waals surface area contributed by atoms with Gasteiger partial charge in [0.2, 0.25) is 0 Å². The van der Waals surface area contributed by atoms with Gasteiger partial charge >= 0.3 is 11.7 Å². The summed E-state index contributed by atoms with van der Waals surface area (Å²) in [5, 5.41) is 0.370. The summed E-state index contributed by atoms with van der Waals surface area (Å²) < 4.78 is 7.15. The smallest absolute Gasteiger partial charge is 0.332 e. The van der Waals surface area contributed by atoms with Gasteiger partial charge < -0.3 is 10.5 Å². The predicted octanol–water partition coefficient (Wildman–Crippen LogP) is -0.315. The molecule has 0 spiro atoms. The van der Waals surface area contributed by atoms with E-state index in [1.54, 1.807) is 31.2 Å². The Morgan fingerprint density at radius 2 is 1.95 bits per heavy atom. The molecule has 0 saturated heterocycles. The third kappa shape index (κ3) is 2.87. The zero-order chi connectivity index (χ0) is 15.4. The number of para-hydroxylation sites is 1. The Morgan fingerprint density at radius 1 is 1.24 bits per heavy atom. The third-order valence-corrected chi connectivity index (χ3v) is 3.08. The van der Waals surface area contributed by atoms with E-state index in [1.165, 1.54) is 4.57 Å². The summed E-state index contributed by atoms with van der Waals surface area (Å²) in [5.74, 6) is -0.525. The van der Waals surface area contributed by atoms with Crippen molar-refractivity contribution in [2.24, 2.45) is 5.73 Å². The fraction of sp³-hybridized carbons (Fsp3) is 0.357. The quantitative estimate of drug-likeness (QED) is 0.762. The lowest BCUT2D eigenvalue weighted by molar-refractivity contribution is -0.143. The summed E-state index contributed by atoms with van der Waals surface area (Å²) in [6.07, 6.45) is 0. The molecule has 7 nitrogen and oxygen atoms in total. The molecule has 0 amide bonds. The van der Waals surface area contributed by atoms with Crippen LogP contribution >= 0.6 is 0 Å². The maximum Gasteiger partial charge on any atom is 0.332 e. The highest BCUT2D eigenvalue weighted by molar-refractivity contribution is 5.79. The Bertz CT molecular complexity index is 776. The van der Waals surface area contributed by atoms with Crippen LogP contribution in [0.2, 0.25) is 0 Å². The number of hydrogen-bond donors (Lipinski definition) is 1. The molecular formula is C14H17N3O4. The lowest BCUT2D eigenvalue weighted by atomic mass is 10.2. The molecule has 2 rings (SSSR count). The molecule has 0 aliphatic carbocycles. The van der Waals surface area contributed by atoms with E-state index in [-0.39, 0.29) is 26.2 Å². The van der Waals surface area contributed by atoms with Crippen LogP contribution in [0.15, 0.2) is 33.9 Å². The van der Waals surface area contributed by atoms with Crippen LogP contribution in [0.1, 0.15) is 6.92 Å². The van der Waals surface area contributed by atoms with E-state index in [4.69, 9.17) is 10.5 Å². The van der Waals surface area contributed by atoms with Gasteiger partial charge in [-0.15, -0.1) is 0 Å². The van der Waals surface area contributed by atoms with Crippen molar-refractivity contribution in [1.29, 1.82) is 0 Å². The van der Waals surface area contributed by atoms with E-state index in [0.717, 1.165) is 4.57 Å². The maximum absolute atomic E-state index is 12.4. The summed E-state index contributed by atoms with van der Waals surface area (Å²) in [6, 6.07) is 6.65. The Hall–Kier alpha value is -2.41. The minimum absolute atomic E-state index is 0.103. The molecule has 7 heteroatoms. The molecule has 0 fully saturated rings. The Balaban J connectivity index is 2.70. The number of ether oxygens (including phenoxy) is 1. The van der Waals surface area contributed by atoms with E-state index in [0.29, 0.717) is 10.9 Å². The van der Waals surface area contributed by atoms with E-state index in [9.17, 15) is 14.4 Å². The van der Waals surface area contributed by atoms with Crippen LogP contribution in [0.4, 0.5) is 0 Å². The lowest BCUT2D eigenvalue weighted by Gasteiger charge is -2.13. The second-order valence-electron chi connectivity index (χ2n) is 4.44. The van der Waals surface area contributed by atoms with Crippen LogP contribution in [0.3, 0.4) is 0 Å². The summed E-state index contributed by atoms with van der Waals surface area (Å²) in [6.45, 7) is 1.94. The van der Waals surface area contributed by atoms with E-state index < -0.39 is 17.2 Å². The van der Waals surface area contributed by atoms with Gasteiger partial charge in [-0.1, -0.05) is 12.1 Å². The van der Waals surface area contributed by atoms with Crippen molar-refractivity contribution in [3.05, 3.63) is 45.1 Å². The zero-order valence-electron chi connectivity index (χ0n) is 11.7. The molecule has 0 unspecified atom stereocenters. The second kappa shape index (κ2) is 6.36. The fourth-order valence-corrected chi connectivity index (χ4v) is 2.19. The number of nitrogens with zero attached hydrogens (tertiary/aromatic N) is 2. The van der Waals surface area contributed by atoms with Crippen LogP contribution in [0.5, 0.6) is 0 Å². The van der Waals surface area contributed by atoms with Crippen molar-refractivity contribution in [1.82, 2.24) is 9.13 Å². The first-order valence-corrected chi connectivity index (χ1v) is 6.68. The van der Waals surface area contributed by atoms with Crippen molar-refractivity contribution >= 4 is 16.9 Å². The first kappa shape index (κ1) is 15.0. The van der Waals surface area contributed by atoms with Crippen LogP contribution in [0, 0.1) is 0 Å². The number of carbonyl (C=O) groups excluding carboxylic acids is 1. The third-order valence-electron chi connectivity index (χ3n) is 3.08. The Morgan fingerprint density at radius 3 is 2.62 bits per heavy atom. The average Bonchev–Trinajstić information content (AvgIpc) is 2.48. The van der Waals surface area contributed by atoms with Gasteiger partial charge in [0, 0.05) is 13.1 Å². The fourth-order valence-electron chi connectivity index (χ4n) is 2.19. The van der Waals surface area contributed by atoms with Gasteiger partial charge in [-0.3, -0.25) is 18.7 Å². The van der Waals surface area contributed by atoms with Crippen LogP contribution in [0.25, 0.3) is 10.9 Å². The highest BCUT2D eigenvalue weighted by Gasteiger charge is 2.15. The lowest BCUT2D eigenvalue weighted by Crippen LogP contribution is -2.42. The first-order valence-electron chi connectivity index (χ1n) is 6.68. The van der Waals surface area contributed by atoms with Gasteiger partial charge in [-0.25, -0.2) is 4.79 Å². The molecule has 0 aliphatic heterocycles. The predicted molar refractivity (Wildman–Crippen MR) is 78.2 cm³/mol. The van der Waals surface area contributed by atoms with Gasteiger partial charge in [-0.2, -0.15) is 0 Å². The molecule has 0 bridgehead atoms. The zero-order valence-corrected chi connectivity index (χ0v) is 11.7. The molecule has 0 radical (unpaired) electrons. The van der Waals surface area contributed by atoms with Gasteiger partial charge in [0.15, 0.2) is 0 Å². The van der Waals surface area contributed by atoms with Crippen LogP contribution < -0.4 is 17.0 Å². The molecule has 0 saturated carbocycles. The highest BCUT2D eigenvalue weighted by Crippen LogP contribution is 2.07. The maximum atomic E-state index is 12.4. The number of rotatable bonds is 5. The number of nitrogens with two attached hydrogens (primary N) is 1. The van der Waals surface area contributed by atoms with E-state index in [1.807, 2.05) is 0 Å². The standard InChI is InChI=1S/C14H17N3O4/c1-2-21-12(18)9-17-11-6-4-3-5-10(11)13(19)16(8-7-15)14(17)20/h3-6H,2,7-9,15H2,1H3. The van der Waals surface area contributed by atoms with Crippen molar-refractivity contribution in [3.63, 3.8) is 0 Å². The monoisotopic (exact) mass is 291 g/mol. The molecule has 2 aromatic rings. The highest BCUT2D eigenvalue weighted by atomic mass is 16.5. The van der Waals surface area contributed by atoms with Crippen molar-refractivity contribution < 1.29 is 9.53 Å². The van der Waals surface area contributed by atoms with Crippen LogP contribution in [-0.4, -0.2) is 28.3 Å². The summed E-state index contributed by atoms with van der Waals surface area (Å²) in [7, 11) is 0. The minimum atomic E-state index is -0.558. The average molecular weight is 291 g/mol. The molecular weight excluding hydrogens is 274 g/mol. The van der Waals surface area contributed by atoms with Crippen LogP contribution in [-0.2, 0) is 22.6 Å². The number of hydrogen-bond acceptors (Lipinski definition) is 5. The molecule has 21 heavy (non-hydrogen) atoms. The van der Waals surface area contributed by atoms with E-state index >= 15 is 0 Å². The van der Waals surface area contributed by atoms with Gasteiger partial charge in [-0.05, 0) is 19.1 Å². The normalized spacial score (nSPS) is 10.8. The number of benzene rings is 1. The number of fused-ring (bicyclic) bond motifs is 1. The van der Waals surface area contributed by atoms with Gasteiger partial charge in [0.1, 0.15) is 6.54 Å². The summed E-state index contributed by atoms with van der Waals surface area (Å²) >= 11 is 0. The topological polar surface area (TPSA) is 96.3 Å². The van der Waals surface area contributed by atoms with E-state index in [2.05, 4.69) is 0 Å². The SMILES string of the molecule is CCOC(=O)Cn1c(=O)n(CCN)c(=O)c2ccccc21.